The van der Waals surface area contributed by atoms with E-state index in [9.17, 15) is 9.90 Å². The van der Waals surface area contributed by atoms with Crippen molar-refractivity contribution in [3.8, 4) is 11.9 Å². The van der Waals surface area contributed by atoms with Crippen LogP contribution >= 0.6 is 0 Å². The summed E-state index contributed by atoms with van der Waals surface area (Å²) in [6.07, 6.45) is 3.15. The maximum atomic E-state index is 12.0. The van der Waals surface area contributed by atoms with Gasteiger partial charge in [-0.15, -0.1) is 4.99 Å². The molecule has 0 aliphatic carbocycles. The van der Waals surface area contributed by atoms with Crippen LogP contribution in [-0.4, -0.2) is 17.0 Å². The van der Waals surface area contributed by atoms with Gasteiger partial charge in [0.05, 0.1) is 0 Å². The van der Waals surface area contributed by atoms with Crippen LogP contribution in [0, 0.1) is 11.5 Å². The minimum absolute atomic E-state index is 0.0550. The number of ether oxygens (including phenoxy) is 1. The highest BCUT2D eigenvalue weighted by Gasteiger charge is 2.28. The molecule has 0 saturated carbocycles. The Morgan fingerprint density at radius 3 is 2.12 bits per heavy atom. The van der Waals surface area contributed by atoms with Gasteiger partial charge in [-0.2, -0.15) is 5.26 Å². The van der Waals surface area contributed by atoms with E-state index in [0.717, 1.165) is 16.7 Å². The average Bonchev–Trinajstić information content (AvgIpc) is 2.78. The molecule has 0 atom stereocenters. The summed E-state index contributed by atoms with van der Waals surface area (Å²) in [4.78, 5) is 15.3. The number of hydrogen-bond acceptors (Lipinski definition) is 5. The summed E-state index contributed by atoms with van der Waals surface area (Å²) in [5, 5.41) is 21.7. The van der Waals surface area contributed by atoms with Crippen molar-refractivity contribution >= 4 is 18.0 Å². The Hall–Kier alpha value is -2.81. The lowest BCUT2D eigenvalue weighted by molar-refractivity contribution is -0.116. The fourth-order valence-electron chi connectivity index (χ4n) is 2.56. The first-order valence-electron chi connectivity index (χ1n) is 7.99. The molecule has 0 bridgehead atoms. The quantitative estimate of drug-likeness (QED) is 0.605. The number of carbonyl (C=O) groups excluding carboxylic acids is 1. The van der Waals surface area contributed by atoms with Gasteiger partial charge in [-0.25, -0.2) is 0 Å². The first-order valence-corrected chi connectivity index (χ1v) is 7.99. The average molecular weight is 341 g/mol. The molecule has 0 radical (unpaired) electrons. The van der Waals surface area contributed by atoms with Gasteiger partial charge in [0, 0.05) is 11.1 Å². The highest BCUT2D eigenvalue weighted by molar-refractivity contribution is 6.11. The van der Waals surface area contributed by atoms with Crippen molar-refractivity contribution in [2.75, 3.05) is 0 Å². The molecular formula is C19H23N3O3. The zero-order valence-corrected chi connectivity index (χ0v) is 15.4. The third kappa shape index (κ3) is 4.00. The lowest BCUT2D eigenvalue weighted by Gasteiger charge is -2.27. The van der Waals surface area contributed by atoms with Crippen LogP contribution in [-0.2, 0) is 20.4 Å². The number of carbonyl (C=O) groups is 1. The van der Waals surface area contributed by atoms with E-state index in [2.05, 4.69) is 10.3 Å². The number of hydrogen-bond donors (Lipinski definition) is 2. The highest BCUT2D eigenvalue weighted by atomic mass is 16.5. The first kappa shape index (κ1) is 18.5. The summed E-state index contributed by atoms with van der Waals surface area (Å²) >= 11 is 0. The fraction of sp³-hybridized carbons (Fsp3) is 0.421. The van der Waals surface area contributed by atoms with Crippen LogP contribution in [0.3, 0.4) is 0 Å². The highest BCUT2D eigenvalue weighted by Crippen LogP contribution is 2.40. The van der Waals surface area contributed by atoms with Crippen LogP contribution in [0.15, 0.2) is 22.9 Å². The predicted octanol–water partition coefficient (Wildman–Crippen LogP) is 3.31. The Kier molecular flexibility index (Phi) is 4.63. The van der Waals surface area contributed by atoms with E-state index >= 15 is 0 Å². The number of rotatable bonds is 1. The standard InChI is InChI=1S/C19H23N3O3/c1-18(2,3)12-7-11(8-13(15(12)23)19(4,5)6)9-14-16(24)22-17(25-14)21-10-20/h7-9,23H,1-6H3,(H,21,22,24)/b14-9-. The molecule has 132 valence electrons. The summed E-state index contributed by atoms with van der Waals surface area (Å²) in [6, 6.07) is 3.55. The monoisotopic (exact) mass is 341 g/mol. The molecule has 6 nitrogen and oxygen atoms in total. The maximum absolute atomic E-state index is 12.0. The fourth-order valence-corrected chi connectivity index (χ4v) is 2.56. The number of phenols is 1. The van der Waals surface area contributed by atoms with Gasteiger partial charge in [-0.1, -0.05) is 41.5 Å². The predicted molar refractivity (Wildman–Crippen MR) is 95.8 cm³/mol. The normalized spacial score (nSPS) is 18.2. The number of phenolic OH excluding ortho intramolecular Hbond substituents is 1. The van der Waals surface area contributed by atoms with Crippen molar-refractivity contribution < 1.29 is 14.6 Å². The van der Waals surface area contributed by atoms with E-state index in [1.807, 2.05) is 53.7 Å². The van der Waals surface area contributed by atoms with E-state index < -0.39 is 5.91 Å². The van der Waals surface area contributed by atoms with E-state index in [0.29, 0.717) is 0 Å². The Morgan fingerprint density at radius 1 is 1.16 bits per heavy atom. The number of amides is 1. The van der Waals surface area contributed by atoms with Crippen LogP contribution in [0.4, 0.5) is 0 Å². The third-order valence-corrected chi connectivity index (χ3v) is 3.85. The molecule has 25 heavy (non-hydrogen) atoms. The Labute approximate surface area is 147 Å². The van der Waals surface area contributed by atoms with Crippen LogP contribution < -0.4 is 5.32 Å². The van der Waals surface area contributed by atoms with Crippen LogP contribution in [0.5, 0.6) is 5.75 Å². The largest absolute Gasteiger partial charge is 0.507 e. The molecule has 1 aromatic carbocycles. The Bertz CT molecular complexity index is 781. The second-order valence-electron chi connectivity index (χ2n) is 8.05. The van der Waals surface area contributed by atoms with Crippen molar-refractivity contribution in [1.82, 2.24) is 5.32 Å². The van der Waals surface area contributed by atoms with Gasteiger partial charge >= 0.3 is 6.02 Å². The van der Waals surface area contributed by atoms with Crippen molar-refractivity contribution in [3.63, 3.8) is 0 Å². The summed E-state index contributed by atoms with van der Waals surface area (Å²) in [7, 11) is 0. The summed E-state index contributed by atoms with van der Waals surface area (Å²) in [5.41, 5.74) is 1.76. The van der Waals surface area contributed by atoms with E-state index in [1.54, 1.807) is 12.3 Å². The molecule has 1 aliphatic heterocycles. The molecule has 1 aliphatic rings. The molecule has 0 spiro atoms. The number of nitriles is 1. The van der Waals surface area contributed by atoms with Crippen LogP contribution in [0.2, 0.25) is 0 Å². The number of benzene rings is 1. The van der Waals surface area contributed by atoms with E-state index in [4.69, 9.17) is 10.00 Å². The maximum Gasteiger partial charge on any atom is 0.313 e. The van der Waals surface area contributed by atoms with Crippen molar-refractivity contribution in [2.24, 2.45) is 4.99 Å². The number of aliphatic imine (C=N–C) groups is 1. The molecule has 2 N–H and O–H groups in total. The Morgan fingerprint density at radius 2 is 1.68 bits per heavy atom. The van der Waals surface area contributed by atoms with Gasteiger partial charge in [0.2, 0.25) is 6.19 Å². The van der Waals surface area contributed by atoms with Gasteiger partial charge in [0.1, 0.15) is 5.75 Å². The number of amidine groups is 1. The third-order valence-electron chi connectivity index (χ3n) is 3.85. The van der Waals surface area contributed by atoms with Crippen molar-refractivity contribution in [3.05, 3.63) is 34.6 Å². The van der Waals surface area contributed by atoms with Gasteiger partial charge in [0.15, 0.2) is 5.76 Å². The second-order valence-corrected chi connectivity index (χ2v) is 8.05. The van der Waals surface area contributed by atoms with Gasteiger partial charge < -0.3 is 9.84 Å². The van der Waals surface area contributed by atoms with Gasteiger partial charge in [0.25, 0.3) is 5.91 Å². The minimum atomic E-state index is -0.461. The lowest BCUT2D eigenvalue weighted by Crippen LogP contribution is -2.20. The topological polar surface area (TPSA) is 94.7 Å². The summed E-state index contributed by atoms with van der Waals surface area (Å²) < 4.78 is 5.26. The lowest BCUT2D eigenvalue weighted by atomic mass is 9.78. The summed E-state index contributed by atoms with van der Waals surface area (Å²) in [5.74, 6) is -0.137. The number of nitrogens with zero attached hydrogens (tertiary/aromatic N) is 2. The van der Waals surface area contributed by atoms with Crippen molar-refractivity contribution in [2.45, 2.75) is 52.4 Å². The molecule has 6 heteroatoms. The molecule has 1 aromatic rings. The van der Waals surface area contributed by atoms with Gasteiger partial charge in [-0.3, -0.25) is 10.1 Å². The smallest absolute Gasteiger partial charge is 0.313 e. The number of aromatic hydroxyl groups is 1. The van der Waals surface area contributed by atoms with E-state index in [1.165, 1.54) is 0 Å². The molecular weight excluding hydrogens is 318 g/mol. The molecule has 0 aromatic heterocycles. The SMILES string of the molecule is CC(C)(C)c1cc(/C=C2\OC(=NC#N)NC2=O)cc(C(C)(C)C)c1O. The first-order chi connectivity index (χ1) is 11.4. The minimum Gasteiger partial charge on any atom is -0.507 e. The molecule has 1 amide bonds. The van der Waals surface area contributed by atoms with Crippen molar-refractivity contribution in [1.29, 1.82) is 5.26 Å². The summed E-state index contributed by atoms with van der Waals surface area (Å²) in [6.45, 7) is 12.1. The molecule has 2 rings (SSSR count). The molecule has 1 heterocycles. The zero-order valence-electron chi connectivity index (χ0n) is 15.4. The molecule has 0 unspecified atom stereocenters. The van der Waals surface area contributed by atoms with Gasteiger partial charge in [-0.05, 0) is 34.6 Å². The van der Waals surface area contributed by atoms with Crippen LogP contribution in [0.1, 0.15) is 58.2 Å². The molecule has 1 fully saturated rings. The zero-order chi connectivity index (χ0) is 19.0. The van der Waals surface area contributed by atoms with E-state index in [-0.39, 0.29) is 28.4 Å². The number of nitrogens with one attached hydrogen (secondary N) is 1. The van der Waals surface area contributed by atoms with Crippen LogP contribution in [0.25, 0.3) is 6.08 Å². The second kappa shape index (κ2) is 6.25. The molecule has 1 saturated heterocycles. The Balaban J connectivity index is 2.60.